The van der Waals surface area contributed by atoms with Crippen LogP contribution in [0.4, 0.5) is 5.69 Å². The van der Waals surface area contributed by atoms with Crippen molar-refractivity contribution in [3.8, 4) is 17.4 Å². The molecule has 1 amide bonds. The Kier molecular flexibility index (Phi) is 5.45. The van der Waals surface area contributed by atoms with E-state index in [0.717, 1.165) is 5.56 Å². The number of hydrogen-bond acceptors (Lipinski definition) is 6. The van der Waals surface area contributed by atoms with Crippen molar-refractivity contribution >= 4 is 28.5 Å². The number of rotatable bonds is 5. The van der Waals surface area contributed by atoms with E-state index in [1.807, 2.05) is 36.4 Å². The molecule has 0 bridgehead atoms. The number of carbonyl (C=O) groups excluding carboxylic acids is 2. The van der Waals surface area contributed by atoms with Crippen molar-refractivity contribution in [1.29, 1.82) is 5.26 Å². The van der Waals surface area contributed by atoms with Gasteiger partial charge >= 0.3 is 5.97 Å². The number of nitrogens with one attached hydrogen (secondary N) is 1. The summed E-state index contributed by atoms with van der Waals surface area (Å²) in [7, 11) is 0. The first kappa shape index (κ1) is 19.9. The lowest BCUT2D eigenvalue weighted by atomic mass is 10.1. The Morgan fingerprint density at radius 3 is 2.52 bits per heavy atom. The van der Waals surface area contributed by atoms with Crippen molar-refractivity contribution in [3.63, 3.8) is 0 Å². The standard InChI is InChI=1S/C24H17N3O4/c1-15(23(28)26-19-10-7-16(14-25)8-11-19)30-24(29)18-9-12-21-20(13-18)22(31-27-21)17-5-3-2-4-6-17/h2-13,15H,1H3,(H,26,28)/t15-/m0/s1. The zero-order valence-corrected chi connectivity index (χ0v) is 16.5. The van der Waals surface area contributed by atoms with Crippen LogP contribution in [0.3, 0.4) is 0 Å². The van der Waals surface area contributed by atoms with Gasteiger partial charge in [0.15, 0.2) is 11.9 Å². The van der Waals surface area contributed by atoms with E-state index in [-0.39, 0.29) is 5.56 Å². The molecule has 0 aliphatic heterocycles. The average molecular weight is 411 g/mol. The van der Waals surface area contributed by atoms with Gasteiger partial charge in [0.05, 0.1) is 22.6 Å². The van der Waals surface area contributed by atoms with Gasteiger partial charge in [-0.3, -0.25) is 4.79 Å². The molecule has 0 saturated heterocycles. The van der Waals surface area contributed by atoms with Gasteiger partial charge in [-0.2, -0.15) is 5.26 Å². The maximum Gasteiger partial charge on any atom is 0.338 e. The molecule has 1 N–H and O–H groups in total. The van der Waals surface area contributed by atoms with Gasteiger partial charge in [0.2, 0.25) is 0 Å². The molecule has 1 aromatic heterocycles. The maximum absolute atomic E-state index is 12.6. The first-order chi connectivity index (χ1) is 15.0. The Labute approximate surface area is 177 Å². The summed E-state index contributed by atoms with van der Waals surface area (Å²) in [5.41, 5.74) is 2.72. The lowest BCUT2D eigenvalue weighted by Crippen LogP contribution is -2.30. The third-order valence-electron chi connectivity index (χ3n) is 4.68. The van der Waals surface area contributed by atoms with E-state index in [0.29, 0.717) is 27.9 Å². The van der Waals surface area contributed by atoms with Crippen LogP contribution in [-0.2, 0) is 9.53 Å². The number of nitrogens with zero attached hydrogens (tertiary/aromatic N) is 2. The van der Waals surface area contributed by atoms with Gasteiger partial charge in [-0.05, 0) is 49.4 Å². The monoisotopic (exact) mass is 411 g/mol. The Morgan fingerprint density at radius 1 is 1.06 bits per heavy atom. The number of anilines is 1. The molecule has 0 saturated carbocycles. The summed E-state index contributed by atoms with van der Waals surface area (Å²) in [6.07, 6.45) is -1.02. The number of fused-ring (bicyclic) bond motifs is 1. The molecular weight excluding hydrogens is 394 g/mol. The predicted octanol–water partition coefficient (Wildman–Crippen LogP) is 4.55. The van der Waals surface area contributed by atoms with Gasteiger partial charge in [0, 0.05) is 11.3 Å². The van der Waals surface area contributed by atoms with Crippen molar-refractivity contribution in [2.45, 2.75) is 13.0 Å². The minimum Gasteiger partial charge on any atom is -0.449 e. The van der Waals surface area contributed by atoms with Crippen molar-refractivity contribution in [3.05, 3.63) is 83.9 Å². The van der Waals surface area contributed by atoms with Crippen molar-refractivity contribution in [2.24, 2.45) is 0 Å². The van der Waals surface area contributed by atoms with E-state index in [9.17, 15) is 9.59 Å². The summed E-state index contributed by atoms with van der Waals surface area (Å²) in [6.45, 7) is 1.49. The van der Waals surface area contributed by atoms with Gasteiger partial charge < -0.3 is 14.6 Å². The lowest BCUT2D eigenvalue weighted by molar-refractivity contribution is -0.123. The van der Waals surface area contributed by atoms with Crippen LogP contribution in [-0.4, -0.2) is 23.1 Å². The molecule has 7 heteroatoms. The molecule has 0 aliphatic carbocycles. The fraction of sp³-hybridized carbons (Fsp3) is 0.0833. The van der Waals surface area contributed by atoms with Crippen LogP contribution in [0.15, 0.2) is 77.3 Å². The summed E-state index contributed by atoms with van der Waals surface area (Å²) in [5.74, 6) is -0.560. The second kappa shape index (κ2) is 8.51. The van der Waals surface area contributed by atoms with Crippen LogP contribution in [0, 0.1) is 11.3 Å². The normalized spacial score (nSPS) is 11.5. The lowest BCUT2D eigenvalue weighted by Gasteiger charge is -2.13. The van der Waals surface area contributed by atoms with Crippen LogP contribution >= 0.6 is 0 Å². The number of esters is 1. The van der Waals surface area contributed by atoms with E-state index in [1.54, 1.807) is 42.5 Å². The topological polar surface area (TPSA) is 105 Å². The third-order valence-corrected chi connectivity index (χ3v) is 4.68. The molecular formula is C24H17N3O4. The van der Waals surface area contributed by atoms with E-state index >= 15 is 0 Å². The minimum absolute atomic E-state index is 0.283. The average Bonchev–Trinajstić information content (AvgIpc) is 3.23. The molecule has 4 rings (SSSR count). The molecule has 4 aromatic rings. The predicted molar refractivity (Wildman–Crippen MR) is 114 cm³/mol. The molecule has 1 heterocycles. The molecule has 0 spiro atoms. The summed E-state index contributed by atoms with van der Waals surface area (Å²) in [4.78, 5) is 25.0. The van der Waals surface area contributed by atoms with Crippen molar-refractivity contribution < 1.29 is 18.8 Å². The molecule has 3 aromatic carbocycles. The Bertz CT molecular complexity index is 1290. The van der Waals surface area contributed by atoms with Crippen molar-refractivity contribution in [2.75, 3.05) is 5.32 Å². The van der Waals surface area contributed by atoms with E-state index in [4.69, 9.17) is 14.5 Å². The van der Waals surface area contributed by atoms with Gasteiger partial charge in [-0.15, -0.1) is 0 Å². The van der Waals surface area contributed by atoms with Gasteiger partial charge in [0.25, 0.3) is 5.91 Å². The third kappa shape index (κ3) is 4.28. The second-order valence-electron chi connectivity index (χ2n) is 6.84. The van der Waals surface area contributed by atoms with Crippen molar-refractivity contribution in [1.82, 2.24) is 5.16 Å². The second-order valence-corrected chi connectivity index (χ2v) is 6.84. The molecule has 0 fully saturated rings. The number of ether oxygens (including phenoxy) is 1. The van der Waals surface area contributed by atoms with Crippen LogP contribution in [0.5, 0.6) is 0 Å². The fourth-order valence-electron chi connectivity index (χ4n) is 3.02. The number of aromatic nitrogens is 1. The first-order valence-electron chi connectivity index (χ1n) is 9.52. The highest BCUT2D eigenvalue weighted by atomic mass is 16.5. The zero-order chi connectivity index (χ0) is 21.8. The Morgan fingerprint density at radius 2 is 1.81 bits per heavy atom. The van der Waals surface area contributed by atoms with Crippen LogP contribution in [0.25, 0.3) is 22.2 Å². The highest BCUT2D eigenvalue weighted by Gasteiger charge is 2.20. The number of nitriles is 1. The quantitative estimate of drug-likeness (QED) is 0.483. The molecule has 152 valence electrons. The summed E-state index contributed by atoms with van der Waals surface area (Å²) < 4.78 is 10.8. The SMILES string of the molecule is C[C@H](OC(=O)c1ccc2noc(-c3ccccc3)c2c1)C(=O)Nc1ccc(C#N)cc1. The minimum atomic E-state index is -1.02. The summed E-state index contributed by atoms with van der Waals surface area (Å²) in [6, 6.07) is 22.7. The Balaban J connectivity index is 1.48. The smallest absolute Gasteiger partial charge is 0.338 e. The van der Waals surface area contributed by atoms with Crippen LogP contribution in [0.2, 0.25) is 0 Å². The van der Waals surface area contributed by atoms with Gasteiger partial charge in [-0.25, -0.2) is 4.79 Å². The molecule has 1 atom stereocenters. The van der Waals surface area contributed by atoms with Gasteiger partial charge in [-0.1, -0.05) is 35.5 Å². The number of hydrogen-bond donors (Lipinski definition) is 1. The molecule has 7 nitrogen and oxygen atoms in total. The molecule has 0 unspecified atom stereocenters. The van der Waals surface area contributed by atoms with E-state index < -0.39 is 18.0 Å². The number of carbonyl (C=O) groups is 2. The number of amides is 1. The molecule has 0 radical (unpaired) electrons. The number of benzene rings is 3. The van der Waals surface area contributed by atoms with Gasteiger partial charge in [0.1, 0.15) is 5.52 Å². The summed E-state index contributed by atoms with van der Waals surface area (Å²) >= 11 is 0. The zero-order valence-electron chi connectivity index (χ0n) is 16.5. The highest BCUT2D eigenvalue weighted by molar-refractivity contribution is 6.00. The van der Waals surface area contributed by atoms with Crippen LogP contribution < -0.4 is 5.32 Å². The summed E-state index contributed by atoms with van der Waals surface area (Å²) in [5, 5.41) is 16.2. The largest absolute Gasteiger partial charge is 0.449 e. The van der Waals surface area contributed by atoms with E-state index in [2.05, 4.69) is 10.5 Å². The van der Waals surface area contributed by atoms with E-state index in [1.165, 1.54) is 6.92 Å². The fourth-order valence-corrected chi connectivity index (χ4v) is 3.02. The highest BCUT2D eigenvalue weighted by Crippen LogP contribution is 2.29. The maximum atomic E-state index is 12.6. The first-order valence-corrected chi connectivity index (χ1v) is 9.52. The molecule has 31 heavy (non-hydrogen) atoms. The van der Waals surface area contributed by atoms with Crippen LogP contribution in [0.1, 0.15) is 22.8 Å². The molecule has 0 aliphatic rings. The Hall–Kier alpha value is -4.44.